The standard InChI is InChI=1S/C22H15Cl3F4N2O3S/c23-14-3-6-17(7-4-14)35(33,34)31(11-13-1-2-15(24)9-19(13)25)12-21(32)30-16-5-8-20(26)18(10-16)22(27,28)29/h1-10H,11-12H2,(H,30,32). The van der Waals surface area contributed by atoms with Crippen LogP contribution in [0.4, 0.5) is 23.2 Å². The van der Waals surface area contributed by atoms with Crippen molar-refractivity contribution in [2.45, 2.75) is 17.6 Å². The van der Waals surface area contributed by atoms with Gasteiger partial charge in [-0.25, -0.2) is 12.8 Å². The number of anilines is 1. The van der Waals surface area contributed by atoms with Gasteiger partial charge in [-0.2, -0.15) is 17.5 Å². The van der Waals surface area contributed by atoms with Crippen molar-refractivity contribution in [3.05, 3.63) is 92.7 Å². The van der Waals surface area contributed by atoms with Crippen molar-refractivity contribution in [3.63, 3.8) is 0 Å². The Bertz CT molecular complexity index is 1350. The Morgan fingerprint density at radius 1 is 0.914 bits per heavy atom. The molecular weight excluding hydrogens is 555 g/mol. The Morgan fingerprint density at radius 3 is 2.14 bits per heavy atom. The zero-order valence-corrected chi connectivity index (χ0v) is 20.5. The van der Waals surface area contributed by atoms with Gasteiger partial charge >= 0.3 is 6.18 Å². The minimum absolute atomic E-state index is 0.141. The van der Waals surface area contributed by atoms with Gasteiger partial charge in [-0.3, -0.25) is 4.79 Å². The summed E-state index contributed by atoms with van der Waals surface area (Å²) in [5.74, 6) is -2.48. The van der Waals surface area contributed by atoms with Crippen molar-refractivity contribution >= 4 is 56.4 Å². The summed E-state index contributed by atoms with van der Waals surface area (Å²) in [4.78, 5) is 12.5. The van der Waals surface area contributed by atoms with Gasteiger partial charge in [0.25, 0.3) is 0 Å². The van der Waals surface area contributed by atoms with Gasteiger partial charge in [0.1, 0.15) is 5.82 Å². The number of nitrogens with zero attached hydrogens (tertiary/aromatic N) is 1. The molecule has 0 aliphatic rings. The molecule has 0 aliphatic carbocycles. The molecular formula is C22H15Cl3F4N2O3S. The second-order valence-electron chi connectivity index (χ2n) is 7.20. The lowest BCUT2D eigenvalue weighted by Gasteiger charge is -2.23. The predicted octanol–water partition coefficient (Wildman–Crippen LogP) is 6.63. The number of nitrogens with one attached hydrogen (secondary N) is 1. The molecule has 0 bridgehead atoms. The number of carbonyl (C=O) groups excluding carboxylic acids is 1. The van der Waals surface area contributed by atoms with Gasteiger partial charge in [-0.05, 0) is 60.2 Å². The Kier molecular flexibility index (Phi) is 8.33. The summed E-state index contributed by atoms with van der Waals surface area (Å²) in [7, 11) is -4.29. The molecule has 0 heterocycles. The third kappa shape index (κ3) is 6.86. The molecule has 13 heteroatoms. The number of alkyl halides is 3. The van der Waals surface area contributed by atoms with E-state index in [1.54, 1.807) is 0 Å². The van der Waals surface area contributed by atoms with Crippen LogP contribution in [0.1, 0.15) is 11.1 Å². The molecule has 0 spiro atoms. The number of carbonyl (C=O) groups is 1. The lowest BCUT2D eigenvalue weighted by atomic mass is 10.2. The van der Waals surface area contributed by atoms with Crippen LogP contribution in [-0.4, -0.2) is 25.2 Å². The summed E-state index contributed by atoms with van der Waals surface area (Å²) in [5, 5.41) is 2.90. The van der Waals surface area contributed by atoms with Crippen LogP contribution in [0.3, 0.4) is 0 Å². The summed E-state index contributed by atoms with van der Waals surface area (Å²) in [5.41, 5.74) is -1.62. The van der Waals surface area contributed by atoms with E-state index >= 15 is 0 Å². The summed E-state index contributed by atoms with van der Waals surface area (Å²) in [6, 6.07) is 11.4. The lowest BCUT2D eigenvalue weighted by molar-refractivity contribution is -0.140. The fraction of sp³-hybridized carbons (Fsp3) is 0.136. The molecule has 0 unspecified atom stereocenters. The molecule has 0 aliphatic heterocycles. The molecule has 5 nitrogen and oxygen atoms in total. The average molecular weight is 570 g/mol. The van der Waals surface area contributed by atoms with Crippen molar-refractivity contribution < 1.29 is 30.8 Å². The van der Waals surface area contributed by atoms with Crippen LogP contribution in [-0.2, 0) is 27.5 Å². The second-order valence-corrected chi connectivity index (χ2v) is 10.4. The van der Waals surface area contributed by atoms with Gasteiger partial charge in [0, 0.05) is 27.3 Å². The molecule has 1 N–H and O–H groups in total. The van der Waals surface area contributed by atoms with E-state index in [0.29, 0.717) is 22.7 Å². The fourth-order valence-electron chi connectivity index (χ4n) is 3.00. The highest BCUT2D eigenvalue weighted by Crippen LogP contribution is 2.33. The monoisotopic (exact) mass is 568 g/mol. The Balaban J connectivity index is 1.92. The maximum Gasteiger partial charge on any atom is 0.419 e. The van der Waals surface area contributed by atoms with Crippen molar-refractivity contribution in [2.24, 2.45) is 0 Å². The highest BCUT2D eigenvalue weighted by atomic mass is 35.5. The molecule has 0 fully saturated rings. The fourth-order valence-corrected chi connectivity index (χ4v) is 4.97. The number of hydrogen-bond donors (Lipinski definition) is 1. The van der Waals surface area contributed by atoms with Gasteiger partial charge in [0.05, 0.1) is 17.0 Å². The van der Waals surface area contributed by atoms with Gasteiger partial charge in [0.2, 0.25) is 15.9 Å². The molecule has 0 saturated carbocycles. The molecule has 0 aromatic heterocycles. The molecule has 0 saturated heterocycles. The second kappa shape index (κ2) is 10.7. The minimum Gasteiger partial charge on any atom is -0.325 e. The van der Waals surface area contributed by atoms with Crippen molar-refractivity contribution in [1.29, 1.82) is 0 Å². The van der Waals surface area contributed by atoms with E-state index < -0.39 is 40.0 Å². The van der Waals surface area contributed by atoms with Crippen LogP contribution in [0.25, 0.3) is 0 Å². The number of hydrogen-bond acceptors (Lipinski definition) is 3. The van der Waals surface area contributed by atoms with E-state index in [9.17, 15) is 30.8 Å². The average Bonchev–Trinajstić information content (AvgIpc) is 2.76. The van der Waals surface area contributed by atoms with Crippen LogP contribution in [0.15, 0.2) is 65.6 Å². The SMILES string of the molecule is O=C(CN(Cc1ccc(Cl)cc1Cl)S(=O)(=O)c1ccc(Cl)cc1)Nc1ccc(F)c(C(F)(F)F)c1. The number of halogens is 7. The normalized spacial score (nSPS) is 12.1. The van der Waals surface area contributed by atoms with Crippen LogP contribution in [0.2, 0.25) is 15.1 Å². The zero-order chi connectivity index (χ0) is 26.0. The smallest absolute Gasteiger partial charge is 0.325 e. The number of benzene rings is 3. The Hall–Kier alpha value is -2.37. The van der Waals surface area contributed by atoms with Crippen LogP contribution < -0.4 is 5.32 Å². The van der Waals surface area contributed by atoms with Crippen molar-refractivity contribution in [3.8, 4) is 0 Å². The first-order chi connectivity index (χ1) is 16.3. The van der Waals surface area contributed by atoms with Gasteiger partial charge in [-0.1, -0.05) is 40.9 Å². The first-order valence-corrected chi connectivity index (χ1v) is 12.2. The predicted molar refractivity (Wildman–Crippen MR) is 126 cm³/mol. The highest BCUT2D eigenvalue weighted by Gasteiger charge is 2.34. The van der Waals surface area contributed by atoms with Gasteiger partial charge in [0.15, 0.2) is 0 Å². The van der Waals surface area contributed by atoms with E-state index in [1.807, 2.05) is 0 Å². The molecule has 0 radical (unpaired) electrons. The molecule has 3 aromatic carbocycles. The molecule has 1 amide bonds. The van der Waals surface area contributed by atoms with Crippen LogP contribution >= 0.6 is 34.8 Å². The highest BCUT2D eigenvalue weighted by molar-refractivity contribution is 7.89. The first kappa shape index (κ1) is 27.2. The largest absolute Gasteiger partial charge is 0.419 e. The maximum atomic E-state index is 13.5. The van der Waals surface area contributed by atoms with E-state index in [0.717, 1.165) is 10.4 Å². The number of amides is 1. The number of rotatable bonds is 7. The molecule has 0 atom stereocenters. The van der Waals surface area contributed by atoms with Crippen molar-refractivity contribution in [1.82, 2.24) is 4.31 Å². The third-order valence-corrected chi connectivity index (χ3v) is 7.33. The quantitative estimate of drug-likeness (QED) is 0.325. The molecule has 186 valence electrons. The topological polar surface area (TPSA) is 66.5 Å². The Labute approximate surface area is 213 Å². The van der Waals surface area contributed by atoms with Crippen LogP contribution in [0, 0.1) is 5.82 Å². The Morgan fingerprint density at radius 2 is 1.54 bits per heavy atom. The van der Waals surface area contributed by atoms with Gasteiger partial charge < -0.3 is 5.32 Å². The summed E-state index contributed by atoms with van der Waals surface area (Å²) < 4.78 is 79.8. The maximum absolute atomic E-state index is 13.5. The van der Waals surface area contributed by atoms with Crippen LogP contribution in [0.5, 0.6) is 0 Å². The summed E-state index contributed by atoms with van der Waals surface area (Å²) in [6.07, 6.45) is -4.99. The zero-order valence-electron chi connectivity index (χ0n) is 17.4. The molecule has 35 heavy (non-hydrogen) atoms. The van der Waals surface area contributed by atoms with Gasteiger partial charge in [-0.15, -0.1) is 0 Å². The lowest BCUT2D eigenvalue weighted by Crippen LogP contribution is -2.37. The minimum atomic E-state index is -4.99. The summed E-state index contributed by atoms with van der Waals surface area (Å²) in [6.45, 7) is -1.14. The molecule has 3 aromatic rings. The van der Waals surface area contributed by atoms with E-state index in [-0.39, 0.29) is 27.2 Å². The number of sulfonamides is 1. The first-order valence-electron chi connectivity index (χ1n) is 9.63. The van der Waals surface area contributed by atoms with E-state index in [4.69, 9.17) is 34.8 Å². The summed E-state index contributed by atoms with van der Waals surface area (Å²) >= 11 is 17.9. The van der Waals surface area contributed by atoms with Crippen molar-refractivity contribution in [2.75, 3.05) is 11.9 Å². The van der Waals surface area contributed by atoms with E-state index in [2.05, 4.69) is 5.32 Å². The third-order valence-electron chi connectivity index (χ3n) is 4.69. The van der Waals surface area contributed by atoms with E-state index in [1.165, 1.54) is 42.5 Å². The molecule has 3 rings (SSSR count).